The zero-order chi connectivity index (χ0) is 55.8. The molecular weight excluding hydrogens is 897 g/mol. The molecule has 0 saturated heterocycles. The van der Waals surface area contributed by atoms with E-state index in [0.717, 1.165) is 30.7 Å². The van der Waals surface area contributed by atoms with Crippen LogP contribution < -0.4 is 0 Å². The first kappa shape index (κ1) is 24.8. The molecule has 0 unspecified atom stereocenters. The summed E-state index contributed by atoms with van der Waals surface area (Å²) in [4.78, 5) is 8.85. The molecule has 9 rings (SSSR count). The summed E-state index contributed by atoms with van der Waals surface area (Å²) in [6, 6.07) is 34.1. The summed E-state index contributed by atoms with van der Waals surface area (Å²) in [6.07, 6.45) is 4.11. The van der Waals surface area contributed by atoms with Gasteiger partial charge in [0, 0.05) is 62.6 Å². The Morgan fingerprint density at radius 2 is 1.51 bits per heavy atom. The van der Waals surface area contributed by atoms with E-state index in [9.17, 15) is 0 Å². The van der Waals surface area contributed by atoms with Crippen molar-refractivity contribution < 1.29 is 49.2 Å². The molecule has 0 atom stereocenters. The molecule has 0 bridgehead atoms. The Bertz CT molecular complexity index is 3430. The predicted octanol–water partition coefficient (Wildman–Crippen LogP) is 15.1. The minimum Gasteiger partial charge on any atom is -0.500 e. The summed E-state index contributed by atoms with van der Waals surface area (Å²) < 4.78 is 153. The summed E-state index contributed by atoms with van der Waals surface area (Å²) in [5.74, 6) is -0.923. The fourth-order valence-corrected chi connectivity index (χ4v) is 7.49. The Hall–Kier alpha value is -5.15. The molecule has 3 nitrogen and oxygen atoms in total. The number of nitrogens with zero attached hydrogens (tertiary/aromatic N) is 2. The average Bonchev–Trinajstić information content (AvgIpc) is 3.97. The molecule has 8 aromatic rings. The van der Waals surface area contributed by atoms with Gasteiger partial charge >= 0.3 is 0 Å². The predicted molar refractivity (Wildman–Crippen MR) is 243 cm³/mol. The van der Waals surface area contributed by atoms with Crippen LogP contribution in [-0.4, -0.2) is 9.97 Å². The molecule has 1 radical (unpaired) electrons. The van der Waals surface area contributed by atoms with Crippen molar-refractivity contribution in [1.82, 2.24) is 9.97 Å². The molecule has 1 aliphatic rings. The maximum Gasteiger partial charge on any atom is 0.123 e. The Balaban J connectivity index is 0.000000247. The van der Waals surface area contributed by atoms with Gasteiger partial charge in [-0.15, -0.1) is 47.5 Å². The SMILES string of the molecule is [2H]C([2H])([2H])c1c[c-]c(-c2ccc(C([2H])([2H])C(C)(C)C)cn2)cc1-c1ccccc1.[2H]C([2H])([2H])c1cc(C([2H])([2H])[2H])c2oc3c(-c4cc(-c5ccc(C6([2H])CCCC6)cc5C([2H])([2H])[2H])c(C([2H])([2H])[2H])cn4)[c-]ccc3c2c1.[Ir]. The Morgan fingerprint density at radius 3 is 2.24 bits per heavy atom. The smallest absolute Gasteiger partial charge is 0.123 e. The van der Waals surface area contributed by atoms with Gasteiger partial charge in [0.25, 0.3) is 0 Å². The third kappa shape index (κ3) is 9.20. The molecule has 1 fully saturated rings. The van der Waals surface area contributed by atoms with Crippen molar-refractivity contribution in [3.63, 3.8) is 0 Å². The molecule has 0 amide bonds. The molecular formula is C55H54IrN2O-2. The van der Waals surface area contributed by atoms with Gasteiger partial charge in [-0.2, -0.15) is 0 Å². The van der Waals surface area contributed by atoms with Crippen LogP contribution in [0.1, 0.15) is 116 Å². The number of furan rings is 1. The van der Waals surface area contributed by atoms with Crippen LogP contribution in [0.5, 0.6) is 0 Å². The summed E-state index contributed by atoms with van der Waals surface area (Å²) >= 11 is 0. The number of aryl methyl sites for hydroxylation is 5. The number of hydrogen-bond donors (Lipinski definition) is 0. The zero-order valence-electron chi connectivity index (χ0n) is 50.9. The topological polar surface area (TPSA) is 38.9 Å². The first-order valence-electron chi connectivity index (χ1n) is 28.3. The van der Waals surface area contributed by atoms with E-state index in [4.69, 9.17) is 29.1 Å². The van der Waals surface area contributed by atoms with Crippen LogP contribution in [0.15, 0.2) is 120 Å². The van der Waals surface area contributed by atoms with E-state index < -0.39 is 51.9 Å². The molecule has 3 heterocycles. The van der Waals surface area contributed by atoms with Gasteiger partial charge in [0.05, 0.1) is 5.58 Å². The second kappa shape index (κ2) is 17.6. The fraction of sp³-hybridized carbons (Fsp3) is 0.273. The van der Waals surface area contributed by atoms with E-state index in [1.54, 1.807) is 48.7 Å². The number of fused-ring (bicyclic) bond motifs is 3. The molecule has 1 aliphatic carbocycles. The van der Waals surface area contributed by atoms with Gasteiger partial charge in [0.1, 0.15) is 5.58 Å². The van der Waals surface area contributed by atoms with Crippen LogP contribution >= 0.6 is 0 Å². The summed E-state index contributed by atoms with van der Waals surface area (Å²) in [7, 11) is 0. The van der Waals surface area contributed by atoms with Crippen molar-refractivity contribution in [1.29, 1.82) is 0 Å². The summed E-state index contributed by atoms with van der Waals surface area (Å²) in [6.45, 7) is -7.26. The molecule has 301 valence electrons. The van der Waals surface area contributed by atoms with Gasteiger partial charge in [0.15, 0.2) is 0 Å². The maximum absolute atomic E-state index is 8.94. The van der Waals surface area contributed by atoms with Gasteiger partial charge in [-0.05, 0) is 120 Å². The first-order valence-corrected chi connectivity index (χ1v) is 19.3. The Labute approximate surface area is 390 Å². The zero-order valence-corrected chi connectivity index (χ0v) is 35.3. The van der Waals surface area contributed by atoms with Crippen LogP contribution in [0.4, 0.5) is 0 Å². The first-order chi connectivity index (χ1) is 35.1. The van der Waals surface area contributed by atoms with Crippen LogP contribution in [0.3, 0.4) is 0 Å². The summed E-state index contributed by atoms with van der Waals surface area (Å²) in [5, 5.41) is 0.671. The average molecular weight is 969 g/mol. The quantitative estimate of drug-likeness (QED) is 0.156. The molecule has 59 heavy (non-hydrogen) atoms. The maximum atomic E-state index is 8.94. The van der Waals surface area contributed by atoms with Crippen molar-refractivity contribution in [2.75, 3.05) is 0 Å². The molecule has 1 saturated carbocycles. The molecule has 4 heteroatoms. The van der Waals surface area contributed by atoms with E-state index in [0.29, 0.717) is 46.2 Å². The minimum absolute atomic E-state index is 0. The van der Waals surface area contributed by atoms with Crippen LogP contribution in [0.2, 0.25) is 0 Å². The van der Waals surface area contributed by atoms with Crippen molar-refractivity contribution in [2.45, 2.75) is 93.0 Å². The van der Waals surface area contributed by atoms with Crippen molar-refractivity contribution in [3.8, 4) is 44.8 Å². The second-order valence-corrected chi connectivity index (χ2v) is 15.6. The van der Waals surface area contributed by atoms with Gasteiger partial charge < -0.3 is 14.4 Å². The monoisotopic (exact) mass is 970 g/mol. The Kier molecular flexibility index (Phi) is 7.40. The van der Waals surface area contributed by atoms with Gasteiger partial charge in [-0.3, -0.25) is 0 Å². The third-order valence-electron chi connectivity index (χ3n) is 10.2. The van der Waals surface area contributed by atoms with Crippen molar-refractivity contribution >= 4 is 21.9 Å². The summed E-state index contributed by atoms with van der Waals surface area (Å²) in [5.41, 5.74) is 3.60. The number of benzene rings is 5. The third-order valence-corrected chi connectivity index (χ3v) is 10.2. The number of hydrogen-bond acceptors (Lipinski definition) is 3. The van der Waals surface area contributed by atoms with Gasteiger partial charge in [-0.25, -0.2) is 0 Å². The van der Waals surface area contributed by atoms with E-state index in [1.165, 1.54) is 24.3 Å². The Morgan fingerprint density at radius 1 is 0.712 bits per heavy atom. The van der Waals surface area contributed by atoms with Crippen molar-refractivity contribution in [3.05, 3.63) is 167 Å². The molecule has 0 N–H and O–H groups in total. The largest absolute Gasteiger partial charge is 0.500 e. The molecule has 3 aromatic heterocycles. The molecule has 0 spiro atoms. The van der Waals surface area contributed by atoms with Gasteiger partial charge in [-0.1, -0.05) is 135 Å². The number of rotatable bonds is 6. The van der Waals surface area contributed by atoms with Crippen LogP contribution in [0.25, 0.3) is 66.7 Å². The van der Waals surface area contributed by atoms with E-state index in [-0.39, 0.29) is 86.9 Å². The second-order valence-electron chi connectivity index (χ2n) is 15.6. The van der Waals surface area contributed by atoms with E-state index >= 15 is 0 Å². The normalized spacial score (nSPS) is 19.4. The van der Waals surface area contributed by atoms with Crippen molar-refractivity contribution in [2.24, 2.45) is 5.41 Å². The van der Waals surface area contributed by atoms with Crippen LogP contribution in [0, 0.1) is 51.8 Å². The number of aromatic nitrogens is 2. The molecule has 0 aliphatic heterocycles. The minimum atomic E-state index is -2.70. The van der Waals surface area contributed by atoms with Crippen LogP contribution in [-0.2, 0) is 26.5 Å². The van der Waals surface area contributed by atoms with E-state index in [1.807, 2.05) is 51.1 Å². The number of pyridine rings is 2. The van der Waals surface area contributed by atoms with Gasteiger partial charge in [0.2, 0.25) is 0 Å². The molecule has 5 aromatic carbocycles. The van der Waals surface area contributed by atoms with E-state index in [2.05, 4.69) is 22.1 Å². The standard InChI is InChI=1S/C32H30NO.C23H24N.Ir/c1-19-14-21(3)31-29(15-19)26-10-7-11-27(32(26)34-31)30-17-28(22(4)18-33-30)25-13-12-24(16-20(25)2)23-8-5-6-9-23;1-17-10-12-20(14-21(17)19-8-6-5-7-9-19)22-13-11-18(16-24-22)15-23(2,3)4;/h7,10,12-18,23H,5-6,8-9H2,1-4H3;5-11,13-14,16H,15H2,1-4H3;/q2*-1;/i1D3,2D3,3D3,4D3,23D;1D3,15D2;. The fourth-order valence-electron chi connectivity index (χ4n) is 7.49.